The number of rotatable bonds is 4. The highest BCUT2D eigenvalue weighted by molar-refractivity contribution is 7.91. The largest absolute Gasteiger partial charge is 0.330 e. The first-order valence-corrected chi connectivity index (χ1v) is 11.4. The summed E-state index contributed by atoms with van der Waals surface area (Å²) in [5.41, 5.74) is 1.51. The van der Waals surface area contributed by atoms with Gasteiger partial charge < -0.3 is 4.90 Å². The Morgan fingerprint density at radius 1 is 1.00 bits per heavy atom. The average Bonchev–Trinajstić information content (AvgIpc) is 3.06. The molecular formula is C22H20ClNO3S. The van der Waals surface area contributed by atoms with Gasteiger partial charge in [-0.05, 0) is 41.0 Å². The van der Waals surface area contributed by atoms with E-state index in [-0.39, 0.29) is 23.5 Å². The van der Waals surface area contributed by atoms with Crippen LogP contribution in [0.25, 0.3) is 10.8 Å². The van der Waals surface area contributed by atoms with Crippen molar-refractivity contribution in [2.75, 3.05) is 11.5 Å². The molecule has 0 bridgehead atoms. The third-order valence-electron chi connectivity index (χ3n) is 5.20. The van der Waals surface area contributed by atoms with Crippen LogP contribution in [0.5, 0.6) is 0 Å². The zero-order valence-electron chi connectivity index (χ0n) is 15.2. The lowest BCUT2D eigenvalue weighted by Gasteiger charge is -2.29. The lowest BCUT2D eigenvalue weighted by molar-refractivity contribution is 0.0683. The van der Waals surface area contributed by atoms with E-state index < -0.39 is 9.84 Å². The fourth-order valence-corrected chi connectivity index (χ4v) is 5.60. The minimum absolute atomic E-state index is 0.0110. The van der Waals surface area contributed by atoms with Crippen molar-refractivity contribution in [2.24, 2.45) is 0 Å². The van der Waals surface area contributed by atoms with E-state index in [1.165, 1.54) is 0 Å². The standard InChI is InChI=1S/C22H20ClNO3S/c23-18-10-8-16(9-11-18)14-24(19-12-13-28(26,27)15-19)22(25)21-7-3-5-17-4-1-2-6-20(17)21/h1-11,19H,12-15H2/t19-/m0/s1. The average molecular weight is 414 g/mol. The number of carbonyl (C=O) groups is 1. The molecule has 4 nitrogen and oxygen atoms in total. The van der Waals surface area contributed by atoms with Gasteiger partial charge >= 0.3 is 0 Å². The minimum Gasteiger partial charge on any atom is -0.330 e. The van der Waals surface area contributed by atoms with Gasteiger partial charge in [0.05, 0.1) is 11.5 Å². The molecule has 28 heavy (non-hydrogen) atoms. The van der Waals surface area contributed by atoms with E-state index in [1.807, 2.05) is 54.6 Å². The number of benzene rings is 3. The molecule has 1 amide bonds. The molecule has 0 aliphatic carbocycles. The van der Waals surface area contributed by atoms with Crippen LogP contribution in [-0.4, -0.2) is 36.8 Å². The first-order valence-electron chi connectivity index (χ1n) is 9.16. The summed E-state index contributed by atoms with van der Waals surface area (Å²) >= 11 is 5.98. The van der Waals surface area contributed by atoms with E-state index in [0.717, 1.165) is 16.3 Å². The number of carbonyl (C=O) groups excluding carboxylic acids is 1. The maximum absolute atomic E-state index is 13.5. The van der Waals surface area contributed by atoms with E-state index in [2.05, 4.69) is 0 Å². The molecule has 1 saturated heterocycles. The Bertz CT molecular complexity index is 1120. The summed E-state index contributed by atoms with van der Waals surface area (Å²) in [5, 5.41) is 2.48. The summed E-state index contributed by atoms with van der Waals surface area (Å²) in [6.07, 6.45) is 0.465. The lowest BCUT2D eigenvalue weighted by atomic mass is 10.0. The Hall–Kier alpha value is -2.37. The zero-order chi connectivity index (χ0) is 19.7. The Morgan fingerprint density at radius 2 is 1.71 bits per heavy atom. The molecule has 1 aliphatic heterocycles. The first-order chi connectivity index (χ1) is 13.4. The van der Waals surface area contributed by atoms with Gasteiger partial charge in [-0.2, -0.15) is 0 Å². The molecule has 1 aliphatic rings. The molecule has 6 heteroatoms. The SMILES string of the molecule is O=C(c1cccc2ccccc12)N(Cc1ccc(Cl)cc1)[C@H]1CCS(=O)(=O)C1. The third kappa shape index (κ3) is 3.91. The third-order valence-corrected chi connectivity index (χ3v) is 7.20. The van der Waals surface area contributed by atoms with Crippen LogP contribution in [0.1, 0.15) is 22.3 Å². The molecule has 1 heterocycles. The summed E-state index contributed by atoms with van der Waals surface area (Å²) in [4.78, 5) is 15.2. The van der Waals surface area contributed by atoms with Crippen LogP contribution in [0, 0.1) is 0 Å². The second-order valence-electron chi connectivity index (χ2n) is 7.14. The fourth-order valence-electron chi connectivity index (χ4n) is 3.74. The Kier molecular flexibility index (Phi) is 5.13. The van der Waals surface area contributed by atoms with Crippen LogP contribution in [0.2, 0.25) is 5.02 Å². The smallest absolute Gasteiger partial charge is 0.255 e. The molecule has 1 atom stereocenters. The van der Waals surface area contributed by atoms with Crippen molar-refractivity contribution in [3.63, 3.8) is 0 Å². The number of nitrogens with zero attached hydrogens (tertiary/aromatic N) is 1. The maximum atomic E-state index is 13.5. The van der Waals surface area contributed by atoms with Gasteiger partial charge in [0.25, 0.3) is 5.91 Å². The molecule has 0 aromatic heterocycles. The molecule has 0 spiro atoms. The monoisotopic (exact) mass is 413 g/mol. The summed E-state index contributed by atoms with van der Waals surface area (Å²) in [6.45, 7) is 0.347. The molecule has 1 fully saturated rings. The molecule has 4 rings (SSSR count). The number of fused-ring (bicyclic) bond motifs is 1. The topological polar surface area (TPSA) is 54.5 Å². The van der Waals surface area contributed by atoms with Gasteiger partial charge in [-0.25, -0.2) is 8.42 Å². The van der Waals surface area contributed by atoms with Crippen LogP contribution >= 0.6 is 11.6 Å². The highest BCUT2D eigenvalue weighted by Crippen LogP contribution is 2.26. The normalized spacial score (nSPS) is 18.2. The van der Waals surface area contributed by atoms with Gasteiger partial charge in [0.1, 0.15) is 0 Å². The van der Waals surface area contributed by atoms with Gasteiger partial charge in [-0.3, -0.25) is 4.79 Å². The van der Waals surface area contributed by atoms with Crippen LogP contribution in [-0.2, 0) is 16.4 Å². The summed E-state index contributed by atoms with van der Waals surface area (Å²) < 4.78 is 24.1. The van der Waals surface area contributed by atoms with E-state index in [0.29, 0.717) is 23.6 Å². The molecule has 3 aromatic rings. The predicted molar refractivity (Wildman–Crippen MR) is 112 cm³/mol. The van der Waals surface area contributed by atoms with E-state index in [1.54, 1.807) is 17.0 Å². The van der Waals surface area contributed by atoms with Crippen LogP contribution < -0.4 is 0 Å². The van der Waals surface area contributed by atoms with Crippen molar-refractivity contribution in [1.82, 2.24) is 4.90 Å². The van der Waals surface area contributed by atoms with Gasteiger partial charge in [0.2, 0.25) is 0 Å². The van der Waals surface area contributed by atoms with Crippen molar-refractivity contribution in [2.45, 2.75) is 19.0 Å². The fraction of sp³-hybridized carbons (Fsp3) is 0.227. The van der Waals surface area contributed by atoms with E-state index in [9.17, 15) is 13.2 Å². The number of halogens is 1. The molecule has 3 aromatic carbocycles. The second kappa shape index (κ2) is 7.57. The number of hydrogen-bond donors (Lipinski definition) is 0. The lowest BCUT2D eigenvalue weighted by Crippen LogP contribution is -2.40. The zero-order valence-corrected chi connectivity index (χ0v) is 16.8. The molecule has 0 radical (unpaired) electrons. The van der Waals surface area contributed by atoms with Crippen molar-refractivity contribution in [3.8, 4) is 0 Å². The van der Waals surface area contributed by atoms with Crippen LogP contribution in [0.4, 0.5) is 0 Å². The van der Waals surface area contributed by atoms with Crippen molar-refractivity contribution in [3.05, 3.63) is 82.9 Å². The van der Waals surface area contributed by atoms with Crippen molar-refractivity contribution in [1.29, 1.82) is 0 Å². The second-order valence-corrected chi connectivity index (χ2v) is 9.81. The molecule has 0 N–H and O–H groups in total. The van der Waals surface area contributed by atoms with Gasteiger partial charge in [-0.15, -0.1) is 0 Å². The molecular weight excluding hydrogens is 394 g/mol. The Labute approximate surface area is 169 Å². The number of amides is 1. The van der Waals surface area contributed by atoms with Crippen LogP contribution in [0.3, 0.4) is 0 Å². The van der Waals surface area contributed by atoms with Crippen molar-refractivity contribution < 1.29 is 13.2 Å². The quantitative estimate of drug-likeness (QED) is 0.640. The summed E-state index contributed by atoms with van der Waals surface area (Å²) in [5.74, 6) is -0.0110. The van der Waals surface area contributed by atoms with Gasteiger partial charge in [-0.1, -0.05) is 60.1 Å². The predicted octanol–water partition coefficient (Wildman–Crippen LogP) is 4.32. The Balaban J connectivity index is 1.73. The molecule has 0 unspecified atom stereocenters. The van der Waals surface area contributed by atoms with Crippen LogP contribution in [0.15, 0.2) is 66.7 Å². The maximum Gasteiger partial charge on any atom is 0.255 e. The Morgan fingerprint density at radius 3 is 2.43 bits per heavy atom. The first kappa shape index (κ1) is 19.0. The van der Waals surface area contributed by atoms with E-state index in [4.69, 9.17) is 11.6 Å². The minimum atomic E-state index is -3.11. The number of sulfone groups is 1. The van der Waals surface area contributed by atoms with Crippen molar-refractivity contribution >= 4 is 38.1 Å². The molecule has 0 saturated carbocycles. The summed E-state index contributed by atoms with van der Waals surface area (Å²) in [7, 11) is -3.11. The molecule has 144 valence electrons. The highest BCUT2D eigenvalue weighted by Gasteiger charge is 2.35. The highest BCUT2D eigenvalue weighted by atomic mass is 35.5. The van der Waals surface area contributed by atoms with Gasteiger partial charge in [0, 0.05) is 23.2 Å². The van der Waals surface area contributed by atoms with Gasteiger partial charge in [0.15, 0.2) is 9.84 Å². The summed E-state index contributed by atoms with van der Waals surface area (Å²) in [6, 6.07) is 20.3. The van der Waals surface area contributed by atoms with E-state index >= 15 is 0 Å². The number of hydrogen-bond acceptors (Lipinski definition) is 3.